The van der Waals surface area contributed by atoms with Gasteiger partial charge in [-0.25, -0.2) is 4.79 Å². The summed E-state index contributed by atoms with van der Waals surface area (Å²) in [5.74, 6) is 1.62. The Morgan fingerprint density at radius 3 is 2.12 bits per heavy atom. The van der Waals surface area contributed by atoms with Crippen molar-refractivity contribution in [3.63, 3.8) is 0 Å². The highest BCUT2D eigenvalue weighted by Crippen LogP contribution is 2.66. The van der Waals surface area contributed by atoms with Crippen LogP contribution in [0.2, 0.25) is 0 Å². The first kappa shape index (κ1) is 36.6. The third-order valence-electron chi connectivity index (χ3n) is 11.2. The summed E-state index contributed by atoms with van der Waals surface area (Å²) in [5.41, 5.74) is 8.17. The normalized spacial score (nSPS) is 29.5. The van der Waals surface area contributed by atoms with E-state index in [0.29, 0.717) is 48.4 Å². The topological polar surface area (TPSA) is 154 Å². The van der Waals surface area contributed by atoms with Gasteiger partial charge < -0.3 is 44.2 Å². The van der Waals surface area contributed by atoms with Crippen molar-refractivity contribution in [3.8, 4) is 23.0 Å². The molecule has 4 saturated carbocycles. The molecule has 0 radical (unpaired) electrons. The van der Waals surface area contributed by atoms with Gasteiger partial charge in [-0.1, -0.05) is 26.0 Å². The van der Waals surface area contributed by atoms with E-state index in [1.165, 1.54) is 26.4 Å². The van der Waals surface area contributed by atoms with Crippen molar-refractivity contribution in [1.29, 1.82) is 0 Å². The van der Waals surface area contributed by atoms with Crippen LogP contribution in [0.15, 0.2) is 36.4 Å². The Bertz CT molecular complexity index is 1590. The highest BCUT2D eigenvalue weighted by Gasteiger charge is 2.60. The zero-order chi connectivity index (χ0) is 36.4. The van der Waals surface area contributed by atoms with Crippen LogP contribution >= 0.6 is 0 Å². The van der Waals surface area contributed by atoms with Crippen molar-refractivity contribution in [3.05, 3.63) is 47.5 Å². The summed E-state index contributed by atoms with van der Waals surface area (Å²) >= 11 is 0. The van der Waals surface area contributed by atoms with Crippen LogP contribution in [0.1, 0.15) is 63.5 Å². The van der Waals surface area contributed by atoms with Gasteiger partial charge >= 0.3 is 18.0 Å². The molecule has 0 aromatic heterocycles. The molecule has 5 atom stereocenters. The van der Waals surface area contributed by atoms with Gasteiger partial charge in [0, 0.05) is 11.5 Å². The van der Waals surface area contributed by atoms with Crippen molar-refractivity contribution in [2.45, 2.75) is 76.8 Å². The molecule has 4 bridgehead atoms. The first-order valence-corrected chi connectivity index (χ1v) is 17.9. The molecule has 1 heterocycles. The first-order chi connectivity index (χ1) is 24.3. The molecule has 7 rings (SSSR count). The maximum atomic E-state index is 12.8. The molecule has 2 aromatic rings. The lowest BCUT2D eigenvalue weighted by Gasteiger charge is -2.65. The number of alkyl carbamates (subject to hydrolysis) is 1. The van der Waals surface area contributed by atoms with Gasteiger partial charge in [-0.05, 0) is 104 Å². The number of rotatable bonds is 15. The molecule has 51 heavy (non-hydrogen) atoms. The number of ether oxygens (including phenoxy) is 7. The van der Waals surface area contributed by atoms with Gasteiger partial charge in [0.15, 0.2) is 23.0 Å². The summed E-state index contributed by atoms with van der Waals surface area (Å²) in [5, 5.41) is 3.16. The average Bonchev–Trinajstić information content (AvgIpc) is 3.41. The molecule has 1 amide bonds. The van der Waals surface area contributed by atoms with E-state index in [-0.39, 0.29) is 54.0 Å². The minimum absolute atomic E-state index is 0.00713. The van der Waals surface area contributed by atoms with E-state index in [1.807, 2.05) is 30.3 Å². The maximum absolute atomic E-state index is 12.8. The summed E-state index contributed by atoms with van der Waals surface area (Å²) < 4.78 is 38.3. The van der Waals surface area contributed by atoms with Gasteiger partial charge in [0.05, 0.1) is 33.9 Å². The molecule has 5 aliphatic rings. The first-order valence-electron chi connectivity index (χ1n) is 17.9. The minimum atomic E-state index is -1.12. The van der Waals surface area contributed by atoms with Gasteiger partial charge in [0.25, 0.3) is 0 Å². The largest absolute Gasteiger partial charge is 0.493 e. The molecule has 2 unspecified atom stereocenters. The second-order valence-corrected chi connectivity index (χ2v) is 15.8. The quantitative estimate of drug-likeness (QED) is 0.146. The van der Waals surface area contributed by atoms with E-state index in [4.69, 9.17) is 38.9 Å². The van der Waals surface area contributed by atoms with Crippen LogP contribution in [0.4, 0.5) is 4.79 Å². The number of carbonyl (C=O) groups is 3. The van der Waals surface area contributed by atoms with Gasteiger partial charge in [-0.2, -0.15) is 0 Å². The van der Waals surface area contributed by atoms with Crippen LogP contribution in [-0.4, -0.2) is 77.4 Å². The number of methoxy groups -OCH3 is 3. The average molecular weight is 709 g/mol. The van der Waals surface area contributed by atoms with Crippen LogP contribution < -0.4 is 30.0 Å². The Labute approximate surface area is 299 Å². The number of hydrogen-bond donors (Lipinski definition) is 2. The zero-order valence-corrected chi connectivity index (χ0v) is 30.4. The predicted molar refractivity (Wildman–Crippen MR) is 187 cm³/mol. The summed E-state index contributed by atoms with van der Waals surface area (Å²) in [6.45, 7) is 4.74. The molecule has 4 aliphatic carbocycles. The number of carbonyl (C=O) groups excluding carboxylic acids is 3. The molecule has 5 fully saturated rings. The zero-order valence-electron chi connectivity index (χ0n) is 30.4. The molecule has 1 saturated heterocycles. The van der Waals surface area contributed by atoms with E-state index in [0.717, 1.165) is 30.4 Å². The summed E-state index contributed by atoms with van der Waals surface area (Å²) in [6.07, 6.45) is 7.14. The third-order valence-corrected chi connectivity index (χ3v) is 11.2. The Hall–Kier alpha value is -4.19. The predicted octanol–water partition coefficient (Wildman–Crippen LogP) is 5.01. The second-order valence-electron chi connectivity index (χ2n) is 15.8. The SMILES string of the molecule is COc1ccc(C[C@H]2COC(=O)[C@@H]2Cc2ccc(OCCOC(=O)[C@@H](N)COC(=O)NC34CC5CC(C)(CC(C)(C5)C3)C4)c(OC)c2)cc1OC. The molecule has 278 valence electrons. The molecule has 0 spiro atoms. The van der Waals surface area contributed by atoms with Gasteiger partial charge in [0.2, 0.25) is 0 Å². The Kier molecular flexibility index (Phi) is 10.6. The summed E-state index contributed by atoms with van der Waals surface area (Å²) in [6, 6.07) is 10.1. The monoisotopic (exact) mass is 708 g/mol. The Morgan fingerprint density at radius 2 is 1.47 bits per heavy atom. The number of nitrogens with two attached hydrogens (primary N) is 1. The molecule has 2 aromatic carbocycles. The van der Waals surface area contributed by atoms with E-state index in [2.05, 4.69) is 19.2 Å². The van der Waals surface area contributed by atoms with E-state index in [9.17, 15) is 14.4 Å². The van der Waals surface area contributed by atoms with E-state index >= 15 is 0 Å². The van der Waals surface area contributed by atoms with Crippen molar-refractivity contribution in [1.82, 2.24) is 5.32 Å². The van der Waals surface area contributed by atoms with Crippen molar-refractivity contribution in [2.24, 2.45) is 34.3 Å². The van der Waals surface area contributed by atoms with Crippen LogP contribution in [0.5, 0.6) is 23.0 Å². The Morgan fingerprint density at radius 1 is 0.843 bits per heavy atom. The highest BCUT2D eigenvalue weighted by atomic mass is 16.6. The standard InChI is InChI=1S/C39H52N2O10/c1-37-16-26-17-38(2,21-37)23-39(18-26,22-37)41-36(44)51-20-29(40)35(43)49-11-10-48-31-9-7-25(15-33(31)47-5)13-28-27(19-50-34(28)42)12-24-6-8-30(45-3)32(14-24)46-4/h6-9,14-15,26-29H,10-13,16-23,40H2,1-5H3,(H,41,44)/t26?,27-,28+,29-,37?,38?,39?/m0/s1. The smallest absolute Gasteiger partial charge is 0.407 e. The second kappa shape index (κ2) is 14.8. The number of cyclic esters (lactones) is 1. The molecule has 12 heteroatoms. The maximum Gasteiger partial charge on any atom is 0.407 e. The van der Waals surface area contributed by atoms with Crippen LogP contribution in [-0.2, 0) is 36.6 Å². The molecule has 12 nitrogen and oxygen atoms in total. The lowest BCUT2D eigenvalue weighted by atomic mass is 9.43. The van der Waals surface area contributed by atoms with Crippen molar-refractivity contribution in [2.75, 3.05) is 47.8 Å². The minimum Gasteiger partial charge on any atom is -0.493 e. The lowest BCUT2D eigenvalue weighted by molar-refractivity contribution is -0.147. The van der Waals surface area contributed by atoms with Crippen molar-refractivity contribution >= 4 is 18.0 Å². The van der Waals surface area contributed by atoms with Gasteiger partial charge in [-0.3, -0.25) is 9.59 Å². The van der Waals surface area contributed by atoms with Crippen molar-refractivity contribution < 1.29 is 47.5 Å². The number of benzene rings is 2. The third kappa shape index (κ3) is 8.32. The number of amides is 1. The highest BCUT2D eigenvalue weighted by molar-refractivity contribution is 5.76. The Balaban J connectivity index is 0.939. The molecular weight excluding hydrogens is 656 g/mol. The lowest BCUT2D eigenvalue weighted by Crippen LogP contribution is -2.65. The summed E-state index contributed by atoms with van der Waals surface area (Å²) in [7, 11) is 4.72. The van der Waals surface area contributed by atoms with E-state index in [1.54, 1.807) is 20.3 Å². The molecule has 3 N–H and O–H groups in total. The van der Waals surface area contributed by atoms with Crippen LogP contribution in [0.25, 0.3) is 0 Å². The molecular formula is C39H52N2O10. The number of nitrogens with one attached hydrogen (secondary N) is 1. The molecule has 1 aliphatic heterocycles. The number of esters is 2. The fraction of sp³-hybridized carbons (Fsp3) is 0.615. The fourth-order valence-corrected chi connectivity index (χ4v) is 10.1. The summed E-state index contributed by atoms with van der Waals surface area (Å²) in [4.78, 5) is 38.1. The number of hydrogen-bond acceptors (Lipinski definition) is 11. The van der Waals surface area contributed by atoms with Gasteiger partial charge in [-0.15, -0.1) is 0 Å². The van der Waals surface area contributed by atoms with Crippen LogP contribution in [0.3, 0.4) is 0 Å². The van der Waals surface area contributed by atoms with E-state index < -0.39 is 18.1 Å². The fourth-order valence-electron chi connectivity index (χ4n) is 10.1. The van der Waals surface area contributed by atoms with Gasteiger partial charge in [0.1, 0.15) is 25.9 Å². The van der Waals surface area contributed by atoms with Crippen LogP contribution in [0, 0.1) is 28.6 Å².